The molecular weight excluding hydrogens is 272 g/mol. The fraction of sp³-hybridized carbons (Fsp3) is 0.200. The zero-order valence-corrected chi connectivity index (χ0v) is 11.6. The van der Waals surface area contributed by atoms with Gasteiger partial charge in [0, 0.05) is 11.4 Å². The third-order valence-electron chi connectivity index (χ3n) is 2.65. The molecule has 2 aromatic rings. The van der Waals surface area contributed by atoms with Crippen LogP contribution >= 0.6 is 0 Å². The molecule has 1 aromatic heterocycles. The number of carbonyl (C=O) groups excluding carboxylic acids is 2. The molecule has 2 N–H and O–H groups in total. The summed E-state index contributed by atoms with van der Waals surface area (Å²) in [6.45, 7) is 2.18. The van der Waals surface area contributed by atoms with Gasteiger partial charge < -0.3 is 19.8 Å². The molecule has 6 heteroatoms. The van der Waals surface area contributed by atoms with E-state index in [2.05, 4.69) is 10.6 Å². The number of rotatable bonds is 6. The fourth-order valence-electron chi connectivity index (χ4n) is 1.69. The van der Waals surface area contributed by atoms with Gasteiger partial charge in [0.25, 0.3) is 5.91 Å². The quantitative estimate of drug-likeness (QED) is 0.798. The lowest BCUT2D eigenvalue weighted by Crippen LogP contribution is -2.17. The van der Waals surface area contributed by atoms with Crippen molar-refractivity contribution in [1.82, 2.24) is 0 Å². The highest BCUT2D eigenvalue weighted by atomic mass is 16.5. The van der Waals surface area contributed by atoms with E-state index in [9.17, 15) is 9.59 Å². The molecule has 110 valence electrons. The minimum atomic E-state index is -0.328. The lowest BCUT2D eigenvalue weighted by Gasteiger charge is -2.08. The normalized spacial score (nSPS) is 9.95. The lowest BCUT2D eigenvalue weighted by molar-refractivity contribution is -0.140. The van der Waals surface area contributed by atoms with Gasteiger partial charge in [-0.15, -0.1) is 0 Å². The van der Waals surface area contributed by atoms with Crippen molar-refractivity contribution in [2.75, 3.05) is 23.8 Å². The summed E-state index contributed by atoms with van der Waals surface area (Å²) in [6.07, 6.45) is 2.81. The van der Waals surface area contributed by atoms with Crippen LogP contribution in [0.25, 0.3) is 0 Å². The smallest absolute Gasteiger partial charge is 0.325 e. The van der Waals surface area contributed by atoms with Crippen LogP contribution in [0.15, 0.2) is 47.3 Å². The Morgan fingerprint density at radius 1 is 1.24 bits per heavy atom. The minimum absolute atomic E-state index is 0.0764. The van der Waals surface area contributed by atoms with Gasteiger partial charge in [-0.25, -0.2) is 0 Å². The summed E-state index contributed by atoms with van der Waals surface area (Å²) in [6, 6.07) is 8.65. The van der Waals surface area contributed by atoms with Crippen molar-refractivity contribution in [3.63, 3.8) is 0 Å². The van der Waals surface area contributed by atoms with Gasteiger partial charge >= 0.3 is 5.97 Å². The van der Waals surface area contributed by atoms with E-state index >= 15 is 0 Å². The molecule has 0 bridgehead atoms. The van der Waals surface area contributed by atoms with E-state index in [1.165, 1.54) is 12.5 Å². The molecule has 1 heterocycles. The summed E-state index contributed by atoms with van der Waals surface area (Å²) in [5, 5.41) is 5.68. The number of hydrogen-bond acceptors (Lipinski definition) is 5. The first-order chi connectivity index (χ1) is 10.2. The second-order valence-electron chi connectivity index (χ2n) is 4.21. The molecule has 1 aromatic carbocycles. The van der Waals surface area contributed by atoms with Crippen LogP contribution in [0.3, 0.4) is 0 Å². The maximum Gasteiger partial charge on any atom is 0.325 e. The predicted octanol–water partition coefficient (Wildman–Crippen LogP) is 2.51. The van der Waals surface area contributed by atoms with Crippen LogP contribution < -0.4 is 10.6 Å². The molecule has 1 amide bonds. The van der Waals surface area contributed by atoms with Gasteiger partial charge in [0.2, 0.25) is 0 Å². The Morgan fingerprint density at radius 2 is 2.05 bits per heavy atom. The van der Waals surface area contributed by atoms with Crippen molar-refractivity contribution in [2.24, 2.45) is 0 Å². The zero-order chi connectivity index (χ0) is 15.1. The molecule has 0 fully saturated rings. The van der Waals surface area contributed by atoms with Crippen LogP contribution in [0.5, 0.6) is 0 Å². The highest BCUT2D eigenvalue weighted by molar-refractivity contribution is 6.04. The van der Waals surface area contributed by atoms with Crippen molar-refractivity contribution in [3.05, 3.63) is 48.4 Å². The van der Waals surface area contributed by atoms with Crippen LogP contribution in [0, 0.1) is 0 Å². The van der Waals surface area contributed by atoms with Gasteiger partial charge in [-0.1, -0.05) is 6.07 Å². The maximum absolute atomic E-state index is 11.9. The van der Waals surface area contributed by atoms with Crippen molar-refractivity contribution in [1.29, 1.82) is 0 Å². The molecular formula is C15H16N2O4. The SMILES string of the molecule is CCOC(=O)CNc1cccc(NC(=O)c2ccoc2)c1. The van der Waals surface area contributed by atoms with Crippen molar-refractivity contribution < 1.29 is 18.7 Å². The second-order valence-corrected chi connectivity index (χ2v) is 4.21. The summed E-state index contributed by atoms with van der Waals surface area (Å²) in [4.78, 5) is 23.1. The average Bonchev–Trinajstić information content (AvgIpc) is 3.00. The predicted molar refractivity (Wildman–Crippen MR) is 78.2 cm³/mol. The molecule has 0 radical (unpaired) electrons. The standard InChI is InChI=1S/C15H16N2O4/c1-2-21-14(18)9-16-12-4-3-5-13(8-12)17-15(19)11-6-7-20-10-11/h3-8,10,16H,2,9H2,1H3,(H,17,19). The monoisotopic (exact) mass is 288 g/mol. The van der Waals surface area contributed by atoms with Crippen LogP contribution in [-0.4, -0.2) is 25.0 Å². The van der Waals surface area contributed by atoms with E-state index in [1.54, 1.807) is 37.3 Å². The van der Waals surface area contributed by atoms with E-state index in [0.717, 1.165) is 0 Å². The van der Waals surface area contributed by atoms with Gasteiger partial charge in [-0.2, -0.15) is 0 Å². The third-order valence-corrected chi connectivity index (χ3v) is 2.65. The Balaban J connectivity index is 1.94. The summed E-state index contributed by atoms with van der Waals surface area (Å²) in [5.41, 5.74) is 1.78. The summed E-state index contributed by atoms with van der Waals surface area (Å²) in [5.74, 6) is -0.586. The van der Waals surface area contributed by atoms with Crippen molar-refractivity contribution in [3.8, 4) is 0 Å². The van der Waals surface area contributed by atoms with Gasteiger partial charge in [0.1, 0.15) is 12.8 Å². The number of carbonyl (C=O) groups is 2. The van der Waals surface area contributed by atoms with Gasteiger partial charge in [-0.3, -0.25) is 9.59 Å². The third kappa shape index (κ3) is 4.38. The summed E-state index contributed by atoms with van der Waals surface area (Å²) < 4.78 is 9.69. The molecule has 0 aliphatic heterocycles. The number of hydrogen-bond donors (Lipinski definition) is 2. The first-order valence-corrected chi connectivity index (χ1v) is 6.52. The van der Waals surface area contributed by atoms with Gasteiger partial charge in [0.05, 0.1) is 18.4 Å². The molecule has 0 unspecified atom stereocenters. The van der Waals surface area contributed by atoms with E-state index in [-0.39, 0.29) is 18.4 Å². The Kier molecular flexibility index (Phi) is 4.98. The van der Waals surface area contributed by atoms with Crippen LogP contribution in [0.1, 0.15) is 17.3 Å². The number of furan rings is 1. The van der Waals surface area contributed by atoms with E-state index in [4.69, 9.17) is 9.15 Å². The van der Waals surface area contributed by atoms with Crippen LogP contribution in [0.4, 0.5) is 11.4 Å². The Bertz CT molecular complexity index is 608. The summed E-state index contributed by atoms with van der Waals surface area (Å²) in [7, 11) is 0. The van der Waals surface area contributed by atoms with Crippen LogP contribution in [0.2, 0.25) is 0 Å². The van der Waals surface area contributed by atoms with E-state index < -0.39 is 0 Å². The van der Waals surface area contributed by atoms with Gasteiger partial charge in [0.15, 0.2) is 0 Å². The Labute approximate surface area is 122 Å². The topological polar surface area (TPSA) is 80.6 Å². The Morgan fingerprint density at radius 3 is 2.76 bits per heavy atom. The second kappa shape index (κ2) is 7.14. The van der Waals surface area contributed by atoms with E-state index in [1.807, 2.05) is 0 Å². The average molecular weight is 288 g/mol. The van der Waals surface area contributed by atoms with Crippen molar-refractivity contribution >= 4 is 23.3 Å². The number of amides is 1. The fourth-order valence-corrected chi connectivity index (χ4v) is 1.69. The largest absolute Gasteiger partial charge is 0.472 e. The number of esters is 1. The summed E-state index contributed by atoms with van der Waals surface area (Å²) >= 11 is 0. The van der Waals surface area contributed by atoms with E-state index in [0.29, 0.717) is 23.5 Å². The molecule has 0 saturated heterocycles. The van der Waals surface area contributed by atoms with Gasteiger partial charge in [-0.05, 0) is 31.2 Å². The Hall–Kier alpha value is -2.76. The molecule has 6 nitrogen and oxygen atoms in total. The maximum atomic E-state index is 11.9. The first kappa shape index (κ1) is 14.6. The molecule has 21 heavy (non-hydrogen) atoms. The van der Waals surface area contributed by atoms with Crippen LogP contribution in [-0.2, 0) is 9.53 Å². The molecule has 0 spiro atoms. The highest BCUT2D eigenvalue weighted by Crippen LogP contribution is 2.16. The molecule has 0 aliphatic carbocycles. The zero-order valence-electron chi connectivity index (χ0n) is 11.6. The molecule has 0 atom stereocenters. The van der Waals surface area contributed by atoms with Crippen molar-refractivity contribution in [2.45, 2.75) is 6.92 Å². The first-order valence-electron chi connectivity index (χ1n) is 6.52. The molecule has 0 aliphatic rings. The molecule has 2 rings (SSSR count). The number of nitrogens with one attached hydrogen (secondary N) is 2. The number of benzene rings is 1. The minimum Gasteiger partial charge on any atom is -0.472 e. The number of ether oxygens (including phenoxy) is 1. The highest BCUT2D eigenvalue weighted by Gasteiger charge is 2.07. The number of anilines is 2. The molecule has 0 saturated carbocycles. The lowest BCUT2D eigenvalue weighted by atomic mass is 10.2.